The third-order valence-electron chi connectivity index (χ3n) is 4.23. The van der Waals surface area contributed by atoms with Crippen molar-refractivity contribution in [2.45, 2.75) is 44.9 Å². The SMILES string of the molecule is CCC1=C(C)Oc2ccccc2C12CCC2. The number of ether oxygens (including phenoxy) is 1. The Morgan fingerprint density at radius 3 is 2.62 bits per heavy atom. The van der Waals surface area contributed by atoms with Crippen molar-refractivity contribution in [3.63, 3.8) is 0 Å². The first-order valence-corrected chi connectivity index (χ1v) is 6.25. The molecule has 0 unspecified atom stereocenters. The first kappa shape index (κ1) is 9.95. The monoisotopic (exact) mass is 214 g/mol. The van der Waals surface area contributed by atoms with E-state index in [-0.39, 0.29) is 0 Å². The number of para-hydroxylation sites is 1. The maximum absolute atomic E-state index is 5.95. The number of allylic oxidation sites excluding steroid dienone is 2. The lowest BCUT2D eigenvalue weighted by atomic mass is 9.58. The van der Waals surface area contributed by atoms with E-state index in [9.17, 15) is 0 Å². The summed E-state index contributed by atoms with van der Waals surface area (Å²) >= 11 is 0. The molecule has 2 aliphatic rings. The van der Waals surface area contributed by atoms with Crippen molar-refractivity contribution >= 4 is 0 Å². The molecule has 1 fully saturated rings. The average molecular weight is 214 g/mol. The summed E-state index contributed by atoms with van der Waals surface area (Å²) in [5, 5.41) is 0. The van der Waals surface area contributed by atoms with E-state index in [2.05, 4.69) is 38.1 Å². The summed E-state index contributed by atoms with van der Waals surface area (Å²) in [4.78, 5) is 0. The Morgan fingerprint density at radius 2 is 2.00 bits per heavy atom. The van der Waals surface area contributed by atoms with E-state index in [1.165, 1.54) is 30.4 Å². The number of fused-ring (bicyclic) bond motifs is 2. The summed E-state index contributed by atoms with van der Waals surface area (Å²) in [5.74, 6) is 2.22. The van der Waals surface area contributed by atoms with Crippen LogP contribution in [0.2, 0.25) is 0 Å². The second kappa shape index (κ2) is 3.38. The van der Waals surface area contributed by atoms with Gasteiger partial charge in [0.2, 0.25) is 0 Å². The summed E-state index contributed by atoms with van der Waals surface area (Å²) in [5.41, 5.74) is 3.27. The van der Waals surface area contributed by atoms with Gasteiger partial charge < -0.3 is 4.74 Å². The van der Waals surface area contributed by atoms with E-state index in [0.717, 1.165) is 17.9 Å². The fraction of sp³-hybridized carbons (Fsp3) is 0.467. The Bertz CT molecular complexity index is 452. The normalized spacial score (nSPS) is 21.4. The lowest BCUT2D eigenvalue weighted by Crippen LogP contribution is -2.39. The van der Waals surface area contributed by atoms with Gasteiger partial charge in [0.1, 0.15) is 11.5 Å². The third kappa shape index (κ3) is 1.12. The van der Waals surface area contributed by atoms with Crippen LogP contribution in [0, 0.1) is 0 Å². The molecule has 84 valence electrons. The second-order valence-electron chi connectivity index (χ2n) is 4.92. The zero-order valence-electron chi connectivity index (χ0n) is 10.0. The van der Waals surface area contributed by atoms with Crippen LogP contribution in [0.15, 0.2) is 35.6 Å². The molecule has 0 atom stereocenters. The molecule has 0 radical (unpaired) electrons. The van der Waals surface area contributed by atoms with Crippen molar-refractivity contribution in [2.24, 2.45) is 0 Å². The van der Waals surface area contributed by atoms with Gasteiger partial charge in [-0.3, -0.25) is 0 Å². The zero-order valence-corrected chi connectivity index (χ0v) is 10.0. The predicted octanol–water partition coefficient (Wildman–Crippen LogP) is 4.18. The molecule has 1 aromatic rings. The van der Waals surface area contributed by atoms with Crippen molar-refractivity contribution in [1.82, 2.24) is 0 Å². The van der Waals surface area contributed by atoms with Gasteiger partial charge in [-0.2, -0.15) is 0 Å². The fourth-order valence-electron chi connectivity index (χ4n) is 3.37. The Hall–Kier alpha value is -1.24. The molecule has 1 saturated carbocycles. The molecule has 1 spiro atoms. The molecule has 1 heteroatoms. The highest BCUT2D eigenvalue weighted by molar-refractivity contribution is 5.51. The topological polar surface area (TPSA) is 9.23 Å². The van der Waals surface area contributed by atoms with Gasteiger partial charge in [-0.05, 0) is 37.8 Å². The molecule has 1 aliphatic heterocycles. The van der Waals surface area contributed by atoms with Gasteiger partial charge in [0.15, 0.2) is 0 Å². The Labute approximate surface area is 97.1 Å². The second-order valence-corrected chi connectivity index (χ2v) is 4.92. The van der Waals surface area contributed by atoms with Crippen molar-refractivity contribution < 1.29 is 4.74 Å². The summed E-state index contributed by atoms with van der Waals surface area (Å²) in [7, 11) is 0. The van der Waals surface area contributed by atoms with Crippen LogP contribution in [-0.2, 0) is 5.41 Å². The van der Waals surface area contributed by atoms with Crippen LogP contribution in [0.4, 0.5) is 0 Å². The van der Waals surface area contributed by atoms with E-state index >= 15 is 0 Å². The van der Waals surface area contributed by atoms with Crippen LogP contribution in [-0.4, -0.2) is 0 Å². The van der Waals surface area contributed by atoms with E-state index in [0.29, 0.717) is 5.41 Å². The van der Waals surface area contributed by atoms with Gasteiger partial charge in [0.25, 0.3) is 0 Å². The molecular weight excluding hydrogens is 196 g/mol. The zero-order chi connectivity index (χ0) is 11.2. The minimum absolute atomic E-state index is 0.327. The minimum Gasteiger partial charge on any atom is -0.462 e. The van der Waals surface area contributed by atoms with Crippen LogP contribution in [0.25, 0.3) is 0 Å². The highest BCUT2D eigenvalue weighted by Crippen LogP contribution is 2.56. The summed E-state index contributed by atoms with van der Waals surface area (Å²) in [6.07, 6.45) is 5.06. The predicted molar refractivity (Wildman–Crippen MR) is 65.6 cm³/mol. The van der Waals surface area contributed by atoms with E-state index in [4.69, 9.17) is 4.74 Å². The van der Waals surface area contributed by atoms with Gasteiger partial charge in [0, 0.05) is 11.0 Å². The Balaban J connectivity index is 2.19. The summed E-state index contributed by atoms with van der Waals surface area (Å²) < 4.78 is 5.95. The van der Waals surface area contributed by atoms with Gasteiger partial charge in [0.05, 0.1) is 0 Å². The molecule has 0 bridgehead atoms. The van der Waals surface area contributed by atoms with Crippen molar-refractivity contribution in [2.75, 3.05) is 0 Å². The summed E-state index contributed by atoms with van der Waals surface area (Å²) in [6.45, 7) is 4.37. The van der Waals surface area contributed by atoms with Gasteiger partial charge in [-0.25, -0.2) is 0 Å². The first-order valence-electron chi connectivity index (χ1n) is 6.25. The van der Waals surface area contributed by atoms with Crippen LogP contribution < -0.4 is 4.74 Å². The molecule has 0 amide bonds. The Kier molecular flexibility index (Phi) is 2.10. The molecule has 1 aromatic carbocycles. The highest BCUT2D eigenvalue weighted by atomic mass is 16.5. The molecule has 1 aliphatic carbocycles. The van der Waals surface area contributed by atoms with E-state index in [1.807, 2.05) is 0 Å². The van der Waals surface area contributed by atoms with E-state index < -0.39 is 0 Å². The van der Waals surface area contributed by atoms with Crippen LogP contribution in [0.3, 0.4) is 0 Å². The standard InChI is InChI=1S/C15H18O/c1-3-12-11(2)16-14-8-5-4-7-13(14)15(12)9-6-10-15/h4-5,7-8H,3,6,9-10H2,1-2H3. The molecule has 0 aromatic heterocycles. The maximum Gasteiger partial charge on any atom is 0.130 e. The minimum atomic E-state index is 0.327. The lowest BCUT2D eigenvalue weighted by Gasteiger charge is -2.48. The van der Waals surface area contributed by atoms with Crippen molar-refractivity contribution in [3.05, 3.63) is 41.2 Å². The Morgan fingerprint density at radius 1 is 1.25 bits per heavy atom. The highest BCUT2D eigenvalue weighted by Gasteiger charge is 2.46. The van der Waals surface area contributed by atoms with Crippen molar-refractivity contribution in [1.29, 1.82) is 0 Å². The smallest absolute Gasteiger partial charge is 0.130 e. The van der Waals surface area contributed by atoms with E-state index in [1.54, 1.807) is 0 Å². The largest absolute Gasteiger partial charge is 0.462 e. The molecule has 1 nitrogen and oxygen atoms in total. The fourth-order valence-corrected chi connectivity index (χ4v) is 3.37. The quantitative estimate of drug-likeness (QED) is 0.681. The molecule has 0 N–H and O–H groups in total. The van der Waals surface area contributed by atoms with Crippen LogP contribution >= 0.6 is 0 Å². The number of hydrogen-bond donors (Lipinski definition) is 0. The number of rotatable bonds is 1. The van der Waals surface area contributed by atoms with Gasteiger partial charge in [-0.1, -0.05) is 31.5 Å². The average Bonchev–Trinajstić information content (AvgIpc) is 2.24. The third-order valence-corrected chi connectivity index (χ3v) is 4.23. The first-order chi connectivity index (χ1) is 7.78. The number of hydrogen-bond acceptors (Lipinski definition) is 1. The summed E-state index contributed by atoms with van der Waals surface area (Å²) in [6, 6.07) is 8.55. The molecular formula is C15H18O. The molecule has 3 rings (SSSR count). The number of benzene rings is 1. The molecule has 0 saturated heterocycles. The molecule has 1 heterocycles. The van der Waals surface area contributed by atoms with Crippen LogP contribution in [0.5, 0.6) is 5.75 Å². The van der Waals surface area contributed by atoms with Gasteiger partial charge in [-0.15, -0.1) is 0 Å². The van der Waals surface area contributed by atoms with Crippen LogP contribution in [0.1, 0.15) is 45.1 Å². The maximum atomic E-state index is 5.95. The van der Waals surface area contributed by atoms with Gasteiger partial charge >= 0.3 is 0 Å². The lowest BCUT2D eigenvalue weighted by molar-refractivity contribution is 0.243. The van der Waals surface area contributed by atoms with Crippen molar-refractivity contribution in [3.8, 4) is 5.75 Å². The molecule has 16 heavy (non-hydrogen) atoms.